The number of carbonyl (C=O) groups is 1. The van der Waals surface area contributed by atoms with Gasteiger partial charge in [0.05, 0.1) is 25.4 Å². The molecule has 2 N–H and O–H groups in total. The van der Waals surface area contributed by atoms with Crippen molar-refractivity contribution in [1.82, 2.24) is 5.32 Å². The van der Waals surface area contributed by atoms with Crippen LogP contribution in [0.3, 0.4) is 0 Å². The summed E-state index contributed by atoms with van der Waals surface area (Å²) in [7, 11) is 0. The van der Waals surface area contributed by atoms with E-state index < -0.39 is 17.5 Å². The quantitative estimate of drug-likeness (QED) is 0.808. The summed E-state index contributed by atoms with van der Waals surface area (Å²) in [5, 5.41) is 11.9. The van der Waals surface area contributed by atoms with E-state index in [1.165, 1.54) is 0 Å². The van der Waals surface area contributed by atoms with Gasteiger partial charge in [0, 0.05) is 12.8 Å². The van der Waals surface area contributed by atoms with Gasteiger partial charge in [-0.25, -0.2) is 4.79 Å². The Morgan fingerprint density at radius 3 is 2.54 bits per heavy atom. The number of hydrogen-bond acceptors (Lipinski definition) is 6. The Balaban J connectivity index is 1.67. The molecule has 0 aromatic carbocycles. The molecule has 1 saturated heterocycles. The maximum Gasteiger partial charge on any atom is 0.407 e. The molecule has 24 heavy (non-hydrogen) atoms. The van der Waals surface area contributed by atoms with Crippen molar-refractivity contribution in [3.63, 3.8) is 0 Å². The lowest BCUT2D eigenvalue weighted by Gasteiger charge is -2.27. The van der Waals surface area contributed by atoms with Crippen molar-refractivity contribution in [2.45, 2.75) is 88.6 Å². The van der Waals surface area contributed by atoms with Gasteiger partial charge >= 0.3 is 6.09 Å². The highest BCUT2D eigenvalue weighted by molar-refractivity contribution is 5.68. The fraction of sp³-hybridized carbons (Fsp3) is 0.941. The van der Waals surface area contributed by atoms with E-state index in [2.05, 4.69) is 5.32 Å². The van der Waals surface area contributed by atoms with E-state index in [4.69, 9.17) is 24.1 Å². The van der Waals surface area contributed by atoms with Gasteiger partial charge in [-0.2, -0.15) is 0 Å². The van der Waals surface area contributed by atoms with Crippen molar-refractivity contribution in [2.75, 3.05) is 13.2 Å². The minimum atomic E-state index is -0.547. The first-order chi connectivity index (χ1) is 11.3. The predicted molar refractivity (Wildman–Crippen MR) is 85.5 cm³/mol. The van der Waals surface area contributed by atoms with E-state index in [-0.39, 0.29) is 37.6 Å². The van der Waals surface area contributed by atoms with Crippen LogP contribution in [0.15, 0.2) is 0 Å². The number of nitrogens with one attached hydrogen (secondary N) is 1. The number of aliphatic hydroxyl groups excluding tert-OH is 1. The molecule has 4 atom stereocenters. The maximum absolute atomic E-state index is 12.1. The lowest BCUT2D eigenvalue weighted by molar-refractivity contribution is -0.188. The third kappa shape index (κ3) is 3.85. The standard InChI is InChI=1S/C17H29NO6/c1-16(2,3)24-15(20)18-11-10-12(21-9-8-19)14-13(11)22-17(23-14)6-4-5-7-17/h11-14,19H,4-10H2,1-3H3,(H,18,20)/t11-,12+,13+,14-/m1/s1. The van der Waals surface area contributed by atoms with Crippen LogP contribution in [0.5, 0.6) is 0 Å². The van der Waals surface area contributed by atoms with Crippen LogP contribution in [0.1, 0.15) is 52.9 Å². The van der Waals surface area contributed by atoms with Crippen molar-refractivity contribution in [3.05, 3.63) is 0 Å². The van der Waals surface area contributed by atoms with Crippen molar-refractivity contribution >= 4 is 6.09 Å². The Labute approximate surface area is 143 Å². The summed E-state index contributed by atoms with van der Waals surface area (Å²) < 4.78 is 23.6. The number of carbonyl (C=O) groups excluding carboxylic acids is 1. The highest BCUT2D eigenvalue weighted by atomic mass is 16.8. The van der Waals surface area contributed by atoms with Gasteiger partial charge in [0.25, 0.3) is 0 Å². The molecule has 0 bridgehead atoms. The Hall–Kier alpha value is -0.890. The van der Waals surface area contributed by atoms with Crippen LogP contribution >= 0.6 is 0 Å². The number of aliphatic hydroxyl groups is 1. The van der Waals surface area contributed by atoms with Gasteiger partial charge in [-0.05, 0) is 40.0 Å². The van der Waals surface area contributed by atoms with Gasteiger partial charge in [-0.15, -0.1) is 0 Å². The molecule has 0 aromatic heterocycles. The molecule has 1 amide bonds. The summed E-state index contributed by atoms with van der Waals surface area (Å²) in [5.41, 5.74) is -0.547. The molecule has 0 radical (unpaired) electrons. The average molecular weight is 343 g/mol. The van der Waals surface area contributed by atoms with Crippen LogP contribution in [0.4, 0.5) is 4.79 Å². The summed E-state index contributed by atoms with van der Waals surface area (Å²) in [4.78, 5) is 12.1. The lowest BCUT2D eigenvalue weighted by Crippen LogP contribution is -2.45. The van der Waals surface area contributed by atoms with E-state index in [1.807, 2.05) is 20.8 Å². The minimum absolute atomic E-state index is 0.0377. The summed E-state index contributed by atoms with van der Waals surface area (Å²) in [6.45, 7) is 5.72. The molecule has 3 aliphatic rings. The van der Waals surface area contributed by atoms with Gasteiger partial charge in [0.15, 0.2) is 5.79 Å². The van der Waals surface area contributed by atoms with Crippen molar-refractivity contribution in [3.8, 4) is 0 Å². The molecule has 7 heteroatoms. The summed E-state index contributed by atoms with van der Waals surface area (Å²) in [6.07, 6.45) is 3.43. The molecule has 1 aliphatic heterocycles. The topological polar surface area (TPSA) is 86.3 Å². The smallest absolute Gasteiger partial charge is 0.407 e. The Bertz CT molecular complexity index is 456. The zero-order valence-corrected chi connectivity index (χ0v) is 14.7. The van der Waals surface area contributed by atoms with Crippen LogP contribution in [0, 0.1) is 0 Å². The van der Waals surface area contributed by atoms with Gasteiger partial charge in [-0.1, -0.05) is 0 Å². The van der Waals surface area contributed by atoms with Crippen molar-refractivity contribution < 1.29 is 28.8 Å². The molecule has 1 spiro atoms. The van der Waals surface area contributed by atoms with E-state index in [0.29, 0.717) is 6.42 Å². The second-order valence-electron chi connectivity index (χ2n) is 7.90. The molecule has 3 rings (SSSR count). The third-order valence-corrected chi connectivity index (χ3v) is 4.77. The summed E-state index contributed by atoms with van der Waals surface area (Å²) >= 11 is 0. The van der Waals surface area contributed by atoms with Crippen LogP contribution in [-0.2, 0) is 18.9 Å². The second-order valence-corrected chi connectivity index (χ2v) is 7.90. The van der Waals surface area contributed by atoms with Crippen LogP contribution in [0.25, 0.3) is 0 Å². The Morgan fingerprint density at radius 2 is 1.92 bits per heavy atom. The molecule has 138 valence electrons. The third-order valence-electron chi connectivity index (χ3n) is 4.77. The van der Waals surface area contributed by atoms with Gasteiger partial charge in [-0.3, -0.25) is 0 Å². The Kier molecular flexibility index (Phi) is 5.06. The molecular weight excluding hydrogens is 314 g/mol. The van der Waals surface area contributed by atoms with Crippen LogP contribution in [-0.4, -0.2) is 60.2 Å². The number of amides is 1. The molecule has 0 aromatic rings. The lowest BCUT2D eigenvalue weighted by atomic mass is 10.2. The monoisotopic (exact) mass is 343 g/mol. The fourth-order valence-electron chi connectivity index (χ4n) is 3.89. The number of fused-ring (bicyclic) bond motifs is 1. The minimum Gasteiger partial charge on any atom is -0.444 e. The molecule has 3 fully saturated rings. The largest absolute Gasteiger partial charge is 0.444 e. The molecule has 7 nitrogen and oxygen atoms in total. The Morgan fingerprint density at radius 1 is 1.25 bits per heavy atom. The highest BCUT2D eigenvalue weighted by Gasteiger charge is 2.58. The van der Waals surface area contributed by atoms with Crippen molar-refractivity contribution in [1.29, 1.82) is 0 Å². The highest BCUT2D eigenvalue weighted by Crippen LogP contribution is 2.47. The number of ether oxygens (including phenoxy) is 4. The fourth-order valence-corrected chi connectivity index (χ4v) is 3.89. The van der Waals surface area contributed by atoms with Gasteiger partial charge < -0.3 is 29.4 Å². The van der Waals surface area contributed by atoms with Gasteiger partial charge in [0.2, 0.25) is 0 Å². The maximum atomic E-state index is 12.1. The number of alkyl carbamates (subject to hydrolysis) is 1. The second kappa shape index (κ2) is 6.78. The summed E-state index contributed by atoms with van der Waals surface area (Å²) in [6, 6.07) is -0.214. The SMILES string of the molecule is CC(C)(C)OC(=O)N[C@@H]1C[C@H](OCCO)[C@H]2OC3(CCCC3)O[C@H]21. The first-order valence-corrected chi connectivity index (χ1v) is 8.89. The zero-order chi connectivity index (χ0) is 17.4. The summed E-state index contributed by atoms with van der Waals surface area (Å²) in [5.74, 6) is -0.523. The molecular formula is C17H29NO6. The van der Waals surface area contributed by atoms with Crippen LogP contribution in [0.2, 0.25) is 0 Å². The van der Waals surface area contributed by atoms with Crippen molar-refractivity contribution in [2.24, 2.45) is 0 Å². The normalized spacial score (nSPS) is 34.5. The van der Waals surface area contributed by atoms with E-state index in [0.717, 1.165) is 25.7 Å². The molecule has 2 saturated carbocycles. The molecule has 1 heterocycles. The number of rotatable bonds is 4. The molecule has 0 unspecified atom stereocenters. The zero-order valence-electron chi connectivity index (χ0n) is 14.7. The van der Waals surface area contributed by atoms with E-state index in [9.17, 15) is 4.79 Å². The van der Waals surface area contributed by atoms with E-state index in [1.54, 1.807) is 0 Å². The molecule has 2 aliphatic carbocycles. The number of hydrogen-bond donors (Lipinski definition) is 2. The first kappa shape index (κ1) is 17.9. The van der Waals surface area contributed by atoms with Gasteiger partial charge in [0.1, 0.15) is 17.8 Å². The average Bonchev–Trinajstić information content (AvgIpc) is 3.14. The first-order valence-electron chi connectivity index (χ1n) is 8.89. The van der Waals surface area contributed by atoms with E-state index >= 15 is 0 Å². The van der Waals surface area contributed by atoms with Crippen LogP contribution < -0.4 is 5.32 Å². The predicted octanol–water partition coefficient (Wildman–Crippen LogP) is 1.72.